The molecule has 4 aromatic carbocycles. The van der Waals surface area contributed by atoms with E-state index in [-0.39, 0.29) is 0 Å². The van der Waals surface area contributed by atoms with Crippen LogP contribution in [0.15, 0.2) is 91.0 Å². The summed E-state index contributed by atoms with van der Waals surface area (Å²) in [5.41, 5.74) is 4.55. The second kappa shape index (κ2) is 5.52. The third kappa shape index (κ3) is 1.88. The number of hydrogen-bond donors (Lipinski definition) is 0. The fourth-order valence-electron chi connectivity index (χ4n) is 4.64. The molecule has 0 N–H and O–H groups in total. The lowest BCUT2D eigenvalue weighted by atomic mass is 9.62. The lowest BCUT2D eigenvalue weighted by molar-refractivity contribution is 0.399. The molecule has 2 aliphatic rings. The van der Waals surface area contributed by atoms with Crippen LogP contribution >= 0.6 is 0 Å². The van der Waals surface area contributed by atoms with Crippen LogP contribution in [0.4, 0.5) is 0 Å². The summed E-state index contributed by atoms with van der Waals surface area (Å²) < 4.78 is 12.6. The predicted molar refractivity (Wildman–Crippen MR) is 110 cm³/mol. The van der Waals surface area contributed by atoms with E-state index in [1.807, 2.05) is 48.5 Å². The minimum absolute atomic E-state index is 0.524. The van der Waals surface area contributed by atoms with Crippen molar-refractivity contribution in [1.29, 1.82) is 0 Å². The first-order valence-electron chi connectivity index (χ1n) is 9.33. The lowest BCUT2D eigenvalue weighted by Gasteiger charge is -2.44. The first-order chi connectivity index (χ1) is 13.8. The van der Waals surface area contributed by atoms with Gasteiger partial charge < -0.3 is 9.47 Å². The Morgan fingerprint density at radius 2 is 0.929 bits per heavy atom. The Kier molecular flexibility index (Phi) is 3.08. The molecule has 0 fully saturated rings. The summed E-state index contributed by atoms with van der Waals surface area (Å²) in [5, 5.41) is 0. The Morgan fingerprint density at radius 1 is 0.500 bits per heavy atom. The van der Waals surface area contributed by atoms with E-state index >= 15 is 0 Å². The van der Waals surface area contributed by atoms with Gasteiger partial charge in [-0.05, 0) is 24.3 Å². The predicted octanol–water partition coefficient (Wildman–Crippen LogP) is 5.07. The summed E-state index contributed by atoms with van der Waals surface area (Å²) >= 11 is 0. The van der Waals surface area contributed by atoms with Crippen molar-refractivity contribution in [2.45, 2.75) is 5.41 Å². The molecule has 0 atom stereocenters. The number of hydrogen-bond acceptors (Lipinski definition) is 2. The molecule has 2 radical (unpaired) electrons. The Balaban J connectivity index is 1.84. The van der Waals surface area contributed by atoms with E-state index in [0.29, 0.717) is 5.46 Å². The topological polar surface area (TPSA) is 18.5 Å². The van der Waals surface area contributed by atoms with Gasteiger partial charge in [-0.15, -0.1) is 0 Å². The fraction of sp³-hybridized carbons (Fsp3) is 0.0400. The molecular weight excluding hydrogens is 343 g/mol. The van der Waals surface area contributed by atoms with Gasteiger partial charge in [0.25, 0.3) is 0 Å². The number of fused-ring (bicyclic) bond motifs is 8. The monoisotopic (exact) mass is 358 g/mol. The van der Waals surface area contributed by atoms with Crippen LogP contribution in [0, 0.1) is 0 Å². The SMILES string of the molecule is [B]c1ccc2c(c1)Oc1ccccc1C21c2ccccc2Oc2ccccc21. The van der Waals surface area contributed by atoms with Gasteiger partial charge in [0.05, 0.1) is 5.41 Å². The van der Waals surface area contributed by atoms with E-state index < -0.39 is 5.41 Å². The van der Waals surface area contributed by atoms with Crippen molar-refractivity contribution in [3.8, 4) is 23.0 Å². The lowest BCUT2D eigenvalue weighted by Crippen LogP contribution is -2.37. The van der Waals surface area contributed by atoms with Gasteiger partial charge in [0, 0.05) is 22.3 Å². The van der Waals surface area contributed by atoms with Gasteiger partial charge in [0.15, 0.2) is 0 Å². The molecule has 3 heteroatoms. The maximum Gasteiger partial charge on any atom is 0.132 e. The number of rotatable bonds is 0. The summed E-state index contributed by atoms with van der Waals surface area (Å²) in [6.45, 7) is 0. The van der Waals surface area contributed by atoms with E-state index in [4.69, 9.17) is 17.3 Å². The number of para-hydroxylation sites is 3. The smallest absolute Gasteiger partial charge is 0.132 e. The van der Waals surface area contributed by atoms with Crippen molar-refractivity contribution in [2.24, 2.45) is 0 Å². The minimum atomic E-state index is -0.524. The van der Waals surface area contributed by atoms with Gasteiger partial charge in [0.1, 0.15) is 30.8 Å². The molecule has 4 aromatic rings. The van der Waals surface area contributed by atoms with Crippen LogP contribution in [0.1, 0.15) is 22.3 Å². The summed E-state index contributed by atoms with van der Waals surface area (Å²) in [6, 6.07) is 30.7. The first-order valence-corrected chi connectivity index (χ1v) is 9.33. The van der Waals surface area contributed by atoms with Crippen molar-refractivity contribution in [3.63, 3.8) is 0 Å². The Morgan fingerprint density at radius 3 is 1.46 bits per heavy atom. The van der Waals surface area contributed by atoms with E-state index in [2.05, 4.69) is 42.5 Å². The molecule has 1 spiro atoms. The molecule has 2 aliphatic heterocycles. The summed E-state index contributed by atoms with van der Waals surface area (Å²) in [4.78, 5) is 0. The highest BCUT2D eigenvalue weighted by Gasteiger charge is 2.50. The van der Waals surface area contributed by atoms with Crippen LogP contribution in [0.2, 0.25) is 0 Å². The largest absolute Gasteiger partial charge is 0.457 e. The van der Waals surface area contributed by atoms with E-state index in [0.717, 1.165) is 45.3 Å². The number of ether oxygens (including phenoxy) is 2. The van der Waals surface area contributed by atoms with Crippen LogP contribution in [-0.4, -0.2) is 7.85 Å². The average molecular weight is 358 g/mol. The highest BCUT2D eigenvalue weighted by atomic mass is 16.5. The van der Waals surface area contributed by atoms with E-state index in [9.17, 15) is 0 Å². The average Bonchev–Trinajstić information content (AvgIpc) is 2.73. The standard InChI is InChI=1S/C25H15BO2/c26-16-13-14-20-24(15-16)28-23-12-6-3-9-19(23)25(20)17-7-1-4-10-21(17)27-22-11-5-2-8-18(22)25/h1-15H. The zero-order chi connectivity index (χ0) is 18.7. The van der Waals surface area contributed by atoms with Crippen LogP contribution in [0.25, 0.3) is 0 Å². The molecule has 0 unspecified atom stereocenters. The van der Waals surface area contributed by atoms with Gasteiger partial charge in [-0.1, -0.05) is 72.2 Å². The summed E-state index contributed by atoms with van der Waals surface area (Å²) in [6.07, 6.45) is 0. The van der Waals surface area contributed by atoms with Crippen LogP contribution in [0.5, 0.6) is 23.0 Å². The molecular formula is C25H15BO2. The quantitative estimate of drug-likeness (QED) is 0.353. The zero-order valence-corrected chi connectivity index (χ0v) is 15.1. The number of benzene rings is 4. The molecule has 0 amide bonds. The fourth-order valence-corrected chi connectivity index (χ4v) is 4.64. The maximum absolute atomic E-state index is 6.30. The molecule has 2 nitrogen and oxygen atoms in total. The van der Waals surface area contributed by atoms with Crippen LogP contribution in [-0.2, 0) is 5.41 Å². The van der Waals surface area contributed by atoms with Gasteiger partial charge >= 0.3 is 0 Å². The second-order valence-electron chi connectivity index (χ2n) is 7.20. The third-order valence-electron chi connectivity index (χ3n) is 5.72. The normalized spacial score (nSPS) is 14.7. The maximum atomic E-state index is 6.30. The molecule has 6 rings (SSSR count). The highest BCUT2D eigenvalue weighted by molar-refractivity contribution is 6.32. The van der Waals surface area contributed by atoms with Crippen molar-refractivity contribution >= 4 is 13.3 Å². The summed E-state index contributed by atoms with van der Waals surface area (Å²) in [7, 11) is 6.10. The minimum Gasteiger partial charge on any atom is -0.457 e. The van der Waals surface area contributed by atoms with Crippen molar-refractivity contribution in [3.05, 3.63) is 113 Å². The van der Waals surface area contributed by atoms with Gasteiger partial charge in [-0.25, -0.2) is 0 Å². The van der Waals surface area contributed by atoms with Gasteiger partial charge in [-0.2, -0.15) is 0 Å². The molecule has 28 heavy (non-hydrogen) atoms. The molecule has 0 bridgehead atoms. The first kappa shape index (κ1) is 15.6. The van der Waals surface area contributed by atoms with Crippen LogP contribution in [0.3, 0.4) is 0 Å². The van der Waals surface area contributed by atoms with Crippen molar-refractivity contribution in [2.75, 3.05) is 0 Å². The molecule has 0 saturated heterocycles. The van der Waals surface area contributed by atoms with E-state index in [1.54, 1.807) is 0 Å². The van der Waals surface area contributed by atoms with Crippen LogP contribution < -0.4 is 14.9 Å². The van der Waals surface area contributed by atoms with E-state index in [1.165, 1.54) is 0 Å². The molecule has 0 aliphatic carbocycles. The Hall–Kier alpha value is -3.46. The molecule has 0 saturated carbocycles. The highest BCUT2D eigenvalue weighted by Crippen LogP contribution is 2.60. The molecule has 2 heterocycles. The summed E-state index contributed by atoms with van der Waals surface area (Å²) in [5.74, 6) is 3.35. The Labute approximate surface area is 164 Å². The van der Waals surface area contributed by atoms with Gasteiger partial charge in [0.2, 0.25) is 0 Å². The molecule has 130 valence electrons. The van der Waals surface area contributed by atoms with Crippen molar-refractivity contribution in [1.82, 2.24) is 0 Å². The second-order valence-corrected chi connectivity index (χ2v) is 7.20. The third-order valence-corrected chi connectivity index (χ3v) is 5.72. The van der Waals surface area contributed by atoms with Gasteiger partial charge in [-0.3, -0.25) is 0 Å². The zero-order valence-electron chi connectivity index (χ0n) is 15.1. The Bertz CT molecular complexity index is 1180. The molecule has 0 aromatic heterocycles. The van der Waals surface area contributed by atoms with Crippen molar-refractivity contribution < 1.29 is 9.47 Å².